The summed E-state index contributed by atoms with van der Waals surface area (Å²) in [6.07, 6.45) is 1.34. The van der Waals surface area contributed by atoms with Crippen molar-refractivity contribution in [3.05, 3.63) is 81.4 Å². The number of hydrogen-bond acceptors (Lipinski definition) is 5. The van der Waals surface area contributed by atoms with Crippen LogP contribution in [0, 0.1) is 6.92 Å². The molecule has 0 radical (unpaired) electrons. The molecule has 0 unspecified atom stereocenters. The Kier molecular flexibility index (Phi) is 4.29. The molecule has 0 aliphatic heterocycles. The molecule has 7 nitrogen and oxygen atoms in total. The molecule has 4 rings (SSSR count). The normalized spacial score (nSPS) is 11.0. The molecule has 0 saturated carbocycles. The van der Waals surface area contributed by atoms with Gasteiger partial charge >= 0.3 is 0 Å². The van der Waals surface area contributed by atoms with Crippen LogP contribution in [0.15, 0.2) is 59.7 Å². The molecule has 2 heterocycles. The Balaban J connectivity index is 1.69. The molecule has 27 heavy (non-hydrogen) atoms. The van der Waals surface area contributed by atoms with E-state index in [4.69, 9.17) is 11.6 Å². The van der Waals surface area contributed by atoms with Crippen LogP contribution in [-0.2, 0) is 6.54 Å². The van der Waals surface area contributed by atoms with Gasteiger partial charge in [-0.1, -0.05) is 34.5 Å². The average molecular weight is 380 g/mol. The molecule has 0 spiro atoms. The molecular formula is C19H14ClN5O2. The second-order valence-corrected chi connectivity index (χ2v) is 6.55. The van der Waals surface area contributed by atoms with Crippen LogP contribution in [0.2, 0.25) is 5.02 Å². The van der Waals surface area contributed by atoms with Crippen LogP contribution >= 0.6 is 11.6 Å². The molecule has 0 amide bonds. The Morgan fingerprint density at radius 3 is 2.48 bits per heavy atom. The molecule has 2 aromatic carbocycles. The standard InChI is InChI=1S/C19H14ClN5O2/c1-12-2-8-15(9-3-12)25-18-17(22-23-25)19(27)24(11-21-18)10-16(26)13-4-6-14(20)7-5-13/h2-9,11H,10H2,1H3. The van der Waals surface area contributed by atoms with E-state index in [1.165, 1.54) is 15.6 Å². The summed E-state index contributed by atoms with van der Waals surface area (Å²) in [6.45, 7) is 1.85. The number of aryl methyl sites for hydroxylation is 1. The minimum atomic E-state index is -0.416. The zero-order chi connectivity index (χ0) is 19.0. The number of hydrogen-bond donors (Lipinski definition) is 0. The minimum absolute atomic E-state index is 0.113. The number of rotatable bonds is 4. The van der Waals surface area contributed by atoms with Crippen molar-refractivity contribution in [2.75, 3.05) is 0 Å². The van der Waals surface area contributed by atoms with Crippen molar-refractivity contribution in [2.24, 2.45) is 0 Å². The number of fused-ring (bicyclic) bond motifs is 1. The lowest BCUT2D eigenvalue weighted by molar-refractivity contribution is 0.0970. The van der Waals surface area contributed by atoms with Crippen molar-refractivity contribution >= 4 is 28.5 Å². The molecule has 0 aliphatic carbocycles. The second kappa shape index (κ2) is 6.77. The fraction of sp³-hybridized carbons (Fsp3) is 0.105. The summed E-state index contributed by atoms with van der Waals surface area (Å²) in [6, 6.07) is 14.1. The van der Waals surface area contributed by atoms with Crippen LogP contribution in [0.3, 0.4) is 0 Å². The molecule has 0 bridgehead atoms. The van der Waals surface area contributed by atoms with Crippen molar-refractivity contribution < 1.29 is 4.79 Å². The highest BCUT2D eigenvalue weighted by Crippen LogP contribution is 2.13. The van der Waals surface area contributed by atoms with E-state index in [1.807, 2.05) is 31.2 Å². The van der Waals surface area contributed by atoms with E-state index >= 15 is 0 Å². The Bertz CT molecular complexity index is 1190. The average Bonchev–Trinajstić information content (AvgIpc) is 3.10. The Labute approximate surface area is 158 Å². The number of Topliss-reactive ketones (excluding diaryl/α,β-unsaturated/α-hetero) is 1. The number of benzene rings is 2. The van der Waals surface area contributed by atoms with Gasteiger partial charge in [0.05, 0.1) is 12.2 Å². The summed E-state index contributed by atoms with van der Waals surface area (Å²) in [5, 5.41) is 8.53. The molecule has 0 fully saturated rings. The quantitative estimate of drug-likeness (QED) is 0.509. The highest BCUT2D eigenvalue weighted by molar-refractivity contribution is 6.30. The molecule has 134 valence electrons. The van der Waals surface area contributed by atoms with E-state index in [9.17, 15) is 9.59 Å². The fourth-order valence-corrected chi connectivity index (χ4v) is 2.82. The van der Waals surface area contributed by atoms with Gasteiger partial charge in [0.25, 0.3) is 5.56 Å². The first-order valence-corrected chi connectivity index (χ1v) is 8.57. The highest BCUT2D eigenvalue weighted by Gasteiger charge is 2.15. The van der Waals surface area contributed by atoms with Gasteiger partial charge in [-0.25, -0.2) is 4.98 Å². The SMILES string of the molecule is Cc1ccc(-n2nnc3c(=O)n(CC(=O)c4ccc(Cl)cc4)cnc32)cc1. The van der Waals surface area contributed by atoms with E-state index in [2.05, 4.69) is 15.3 Å². The number of aromatic nitrogens is 5. The van der Waals surface area contributed by atoms with Crippen LogP contribution in [-0.4, -0.2) is 30.3 Å². The summed E-state index contributed by atoms with van der Waals surface area (Å²) in [4.78, 5) is 29.4. The van der Waals surface area contributed by atoms with Crippen molar-refractivity contribution in [3.63, 3.8) is 0 Å². The van der Waals surface area contributed by atoms with Gasteiger partial charge in [0.1, 0.15) is 6.33 Å². The maximum atomic E-state index is 12.7. The van der Waals surface area contributed by atoms with Crippen molar-refractivity contribution in [3.8, 4) is 5.69 Å². The molecule has 2 aromatic heterocycles. The van der Waals surface area contributed by atoms with E-state index < -0.39 is 5.56 Å². The van der Waals surface area contributed by atoms with Gasteiger partial charge in [0, 0.05) is 10.6 Å². The predicted molar refractivity (Wildman–Crippen MR) is 101 cm³/mol. The first-order valence-electron chi connectivity index (χ1n) is 8.19. The monoisotopic (exact) mass is 379 g/mol. The Morgan fingerprint density at radius 1 is 1.07 bits per heavy atom. The smallest absolute Gasteiger partial charge is 0.283 e. The third-order valence-electron chi connectivity index (χ3n) is 4.19. The molecule has 0 N–H and O–H groups in total. The van der Waals surface area contributed by atoms with Gasteiger partial charge in [0.15, 0.2) is 16.9 Å². The van der Waals surface area contributed by atoms with Crippen molar-refractivity contribution in [1.29, 1.82) is 0 Å². The van der Waals surface area contributed by atoms with Gasteiger partial charge in [-0.2, -0.15) is 4.68 Å². The van der Waals surface area contributed by atoms with Gasteiger partial charge in [0.2, 0.25) is 0 Å². The molecule has 0 atom stereocenters. The number of carbonyl (C=O) groups is 1. The third kappa shape index (κ3) is 3.24. The molecule has 0 saturated heterocycles. The number of ketones is 1. The Morgan fingerprint density at radius 2 is 1.78 bits per heavy atom. The van der Waals surface area contributed by atoms with Crippen LogP contribution in [0.1, 0.15) is 15.9 Å². The highest BCUT2D eigenvalue weighted by atomic mass is 35.5. The summed E-state index contributed by atoms with van der Waals surface area (Å²) in [5.41, 5.74) is 2.38. The lowest BCUT2D eigenvalue weighted by Gasteiger charge is -2.05. The Hall–Kier alpha value is -3.32. The van der Waals surface area contributed by atoms with Crippen molar-refractivity contribution in [1.82, 2.24) is 24.5 Å². The summed E-state index contributed by atoms with van der Waals surface area (Å²) in [5.74, 6) is -0.221. The van der Waals surface area contributed by atoms with Gasteiger partial charge in [-0.3, -0.25) is 14.2 Å². The third-order valence-corrected chi connectivity index (χ3v) is 4.44. The largest absolute Gasteiger partial charge is 0.292 e. The van der Waals surface area contributed by atoms with Crippen LogP contribution in [0.4, 0.5) is 0 Å². The molecule has 8 heteroatoms. The molecule has 0 aliphatic rings. The molecular weight excluding hydrogens is 366 g/mol. The molecule has 4 aromatic rings. The zero-order valence-corrected chi connectivity index (χ0v) is 15.1. The van der Waals surface area contributed by atoms with Crippen LogP contribution < -0.4 is 5.56 Å². The van der Waals surface area contributed by atoms with E-state index in [-0.39, 0.29) is 17.8 Å². The topological polar surface area (TPSA) is 82.7 Å². The number of halogens is 1. The van der Waals surface area contributed by atoms with Crippen LogP contribution in [0.5, 0.6) is 0 Å². The van der Waals surface area contributed by atoms with Crippen molar-refractivity contribution in [2.45, 2.75) is 13.5 Å². The maximum absolute atomic E-state index is 12.7. The van der Waals surface area contributed by atoms with Crippen LogP contribution in [0.25, 0.3) is 16.9 Å². The summed E-state index contributed by atoms with van der Waals surface area (Å²) >= 11 is 5.83. The van der Waals surface area contributed by atoms with Gasteiger partial charge < -0.3 is 0 Å². The summed E-state index contributed by atoms with van der Waals surface area (Å²) in [7, 11) is 0. The lowest BCUT2D eigenvalue weighted by Crippen LogP contribution is -2.25. The zero-order valence-electron chi connectivity index (χ0n) is 14.3. The summed E-state index contributed by atoms with van der Waals surface area (Å²) < 4.78 is 2.73. The number of carbonyl (C=O) groups excluding carboxylic acids is 1. The van der Waals surface area contributed by atoms with E-state index in [0.717, 1.165) is 11.3 Å². The second-order valence-electron chi connectivity index (χ2n) is 6.12. The van der Waals surface area contributed by atoms with Gasteiger partial charge in [-0.15, -0.1) is 5.10 Å². The predicted octanol–water partition coefficient (Wildman–Crippen LogP) is 2.82. The number of nitrogens with zero attached hydrogens (tertiary/aromatic N) is 5. The van der Waals surface area contributed by atoms with E-state index in [1.54, 1.807) is 24.3 Å². The first kappa shape index (κ1) is 17.1. The minimum Gasteiger partial charge on any atom is -0.292 e. The van der Waals surface area contributed by atoms with E-state index in [0.29, 0.717) is 16.2 Å². The maximum Gasteiger partial charge on any atom is 0.283 e. The lowest BCUT2D eigenvalue weighted by atomic mass is 10.1. The fourth-order valence-electron chi connectivity index (χ4n) is 2.70. The first-order chi connectivity index (χ1) is 13.0. The van der Waals surface area contributed by atoms with Gasteiger partial charge in [-0.05, 0) is 43.3 Å².